The molecule has 130 valence electrons. The predicted molar refractivity (Wildman–Crippen MR) is 93.4 cm³/mol. The summed E-state index contributed by atoms with van der Waals surface area (Å²) in [7, 11) is 1.85. The molecule has 0 saturated heterocycles. The van der Waals surface area contributed by atoms with Crippen LogP contribution >= 0.6 is 0 Å². The first-order chi connectivity index (χ1) is 12.0. The Labute approximate surface area is 146 Å². The van der Waals surface area contributed by atoms with E-state index in [9.17, 15) is 4.79 Å². The Bertz CT molecular complexity index is 853. The number of hydrogen-bond acceptors (Lipinski definition) is 4. The molecular formula is C18H21N5O2. The minimum absolute atomic E-state index is 0.201. The maximum absolute atomic E-state index is 12.2. The lowest BCUT2D eigenvalue weighted by molar-refractivity contribution is -0.127. The second kappa shape index (κ2) is 7.21. The van der Waals surface area contributed by atoms with Gasteiger partial charge in [0.1, 0.15) is 0 Å². The van der Waals surface area contributed by atoms with Crippen molar-refractivity contribution in [3.63, 3.8) is 0 Å². The van der Waals surface area contributed by atoms with Crippen molar-refractivity contribution in [2.24, 2.45) is 7.05 Å². The van der Waals surface area contributed by atoms with Crippen LogP contribution in [0.5, 0.6) is 5.88 Å². The molecule has 0 unspecified atom stereocenters. The van der Waals surface area contributed by atoms with Gasteiger partial charge in [0.05, 0.1) is 23.6 Å². The highest BCUT2D eigenvalue weighted by molar-refractivity contribution is 5.80. The Morgan fingerprint density at radius 3 is 2.68 bits per heavy atom. The molecule has 7 heteroatoms. The molecule has 3 aromatic rings. The number of hydrogen-bond donors (Lipinski definition) is 1. The Morgan fingerprint density at radius 2 is 2.00 bits per heavy atom. The minimum atomic E-state index is -0.645. The minimum Gasteiger partial charge on any atom is -0.463 e. The summed E-state index contributed by atoms with van der Waals surface area (Å²) in [4.78, 5) is 12.2. The van der Waals surface area contributed by atoms with Crippen LogP contribution < -0.4 is 10.1 Å². The van der Waals surface area contributed by atoms with Crippen molar-refractivity contribution in [1.29, 1.82) is 0 Å². The number of para-hydroxylation sites is 1. The van der Waals surface area contributed by atoms with Gasteiger partial charge in [0.2, 0.25) is 5.88 Å². The average Bonchev–Trinajstić information content (AvgIpc) is 3.19. The first kappa shape index (κ1) is 16.8. The molecule has 1 atom stereocenters. The Hall–Kier alpha value is -3.09. The SMILES string of the molecule is Cc1cc(CNC(=O)[C@@H](C)Oc2ccn(-c3ccccc3)n2)n(C)n1. The van der Waals surface area contributed by atoms with E-state index in [4.69, 9.17) is 4.74 Å². The molecule has 0 spiro atoms. The topological polar surface area (TPSA) is 74.0 Å². The lowest BCUT2D eigenvalue weighted by Crippen LogP contribution is -2.36. The molecule has 0 fully saturated rings. The number of carbonyl (C=O) groups is 1. The van der Waals surface area contributed by atoms with Crippen molar-refractivity contribution >= 4 is 5.91 Å². The molecule has 0 radical (unpaired) electrons. The first-order valence-electron chi connectivity index (χ1n) is 8.08. The normalized spacial score (nSPS) is 12.0. The molecule has 0 bridgehead atoms. The van der Waals surface area contributed by atoms with E-state index in [1.807, 2.05) is 50.4 Å². The number of aromatic nitrogens is 4. The van der Waals surface area contributed by atoms with E-state index in [0.717, 1.165) is 17.1 Å². The Kier molecular flexibility index (Phi) is 4.83. The fraction of sp³-hybridized carbons (Fsp3) is 0.278. The number of aryl methyl sites for hydroxylation is 2. The highest BCUT2D eigenvalue weighted by atomic mass is 16.5. The van der Waals surface area contributed by atoms with Crippen molar-refractivity contribution in [3.8, 4) is 11.6 Å². The van der Waals surface area contributed by atoms with Crippen LogP contribution in [0.2, 0.25) is 0 Å². The summed E-state index contributed by atoms with van der Waals surface area (Å²) < 4.78 is 9.10. The highest BCUT2D eigenvalue weighted by Crippen LogP contribution is 2.13. The fourth-order valence-electron chi connectivity index (χ4n) is 2.48. The zero-order valence-electron chi connectivity index (χ0n) is 14.5. The third-order valence-electron chi connectivity index (χ3n) is 3.79. The molecule has 0 aliphatic heterocycles. The molecule has 0 aliphatic carbocycles. The molecule has 1 N–H and O–H groups in total. The van der Waals surface area contributed by atoms with E-state index in [0.29, 0.717) is 12.4 Å². The molecule has 7 nitrogen and oxygen atoms in total. The van der Waals surface area contributed by atoms with Gasteiger partial charge in [-0.25, -0.2) is 4.68 Å². The summed E-state index contributed by atoms with van der Waals surface area (Å²) in [6.07, 6.45) is 1.15. The van der Waals surface area contributed by atoms with Crippen LogP contribution in [0.4, 0.5) is 0 Å². The summed E-state index contributed by atoms with van der Waals surface area (Å²) >= 11 is 0. The third-order valence-corrected chi connectivity index (χ3v) is 3.79. The summed E-state index contributed by atoms with van der Waals surface area (Å²) in [6.45, 7) is 4.02. The van der Waals surface area contributed by atoms with Crippen LogP contribution in [0.25, 0.3) is 5.69 Å². The van der Waals surface area contributed by atoms with E-state index in [2.05, 4.69) is 15.5 Å². The van der Waals surface area contributed by atoms with Gasteiger partial charge in [-0.2, -0.15) is 5.10 Å². The van der Waals surface area contributed by atoms with Crippen LogP contribution in [0.3, 0.4) is 0 Å². The largest absolute Gasteiger partial charge is 0.463 e. The lowest BCUT2D eigenvalue weighted by atomic mass is 10.3. The number of benzene rings is 1. The van der Waals surface area contributed by atoms with Gasteiger partial charge >= 0.3 is 0 Å². The van der Waals surface area contributed by atoms with Crippen molar-refractivity contribution < 1.29 is 9.53 Å². The van der Waals surface area contributed by atoms with Gasteiger partial charge in [-0.15, -0.1) is 5.10 Å². The number of amides is 1. The quantitative estimate of drug-likeness (QED) is 0.745. The summed E-state index contributed by atoms with van der Waals surface area (Å²) in [6, 6.07) is 13.4. The zero-order chi connectivity index (χ0) is 17.8. The molecule has 3 rings (SSSR count). The van der Waals surface area contributed by atoms with Crippen LogP contribution in [0, 0.1) is 6.92 Å². The van der Waals surface area contributed by atoms with Gasteiger partial charge in [0.15, 0.2) is 6.10 Å². The van der Waals surface area contributed by atoms with Crippen LogP contribution in [0.1, 0.15) is 18.3 Å². The average molecular weight is 339 g/mol. The molecule has 1 aromatic carbocycles. The zero-order valence-corrected chi connectivity index (χ0v) is 14.5. The van der Waals surface area contributed by atoms with Crippen LogP contribution in [-0.2, 0) is 18.4 Å². The smallest absolute Gasteiger partial charge is 0.261 e. The number of nitrogens with zero attached hydrogens (tertiary/aromatic N) is 4. The number of carbonyl (C=O) groups excluding carboxylic acids is 1. The number of nitrogens with one attached hydrogen (secondary N) is 1. The van der Waals surface area contributed by atoms with Crippen molar-refractivity contribution in [2.45, 2.75) is 26.5 Å². The molecule has 25 heavy (non-hydrogen) atoms. The predicted octanol–water partition coefficient (Wildman–Crippen LogP) is 2.00. The van der Waals surface area contributed by atoms with E-state index < -0.39 is 6.10 Å². The van der Waals surface area contributed by atoms with E-state index in [-0.39, 0.29) is 5.91 Å². The van der Waals surface area contributed by atoms with Gasteiger partial charge in [0, 0.05) is 19.3 Å². The number of ether oxygens (including phenoxy) is 1. The molecule has 1 amide bonds. The first-order valence-corrected chi connectivity index (χ1v) is 8.08. The molecule has 2 aromatic heterocycles. The van der Waals surface area contributed by atoms with Crippen LogP contribution in [-0.4, -0.2) is 31.6 Å². The lowest BCUT2D eigenvalue weighted by Gasteiger charge is -2.13. The number of rotatable bonds is 6. The summed E-state index contributed by atoms with van der Waals surface area (Å²) in [5, 5.41) is 11.4. The van der Waals surface area contributed by atoms with Gasteiger partial charge in [-0.3, -0.25) is 9.48 Å². The second-order valence-electron chi connectivity index (χ2n) is 5.81. The van der Waals surface area contributed by atoms with Gasteiger partial charge in [-0.05, 0) is 32.0 Å². The van der Waals surface area contributed by atoms with Gasteiger partial charge in [0.25, 0.3) is 5.91 Å². The molecule has 0 aliphatic rings. The summed E-state index contributed by atoms with van der Waals surface area (Å²) in [5.41, 5.74) is 2.79. The highest BCUT2D eigenvalue weighted by Gasteiger charge is 2.16. The fourth-order valence-corrected chi connectivity index (χ4v) is 2.48. The Morgan fingerprint density at radius 1 is 1.24 bits per heavy atom. The third kappa shape index (κ3) is 4.06. The van der Waals surface area contributed by atoms with Crippen molar-refractivity contribution in [2.75, 3.05) is 0 Å². The van der Waals surface area contributed by atoms with Crippen LogP contribution in [0.15, 0.2) is 48.7 Å². The second-order valence-corrected chi connectivity index (χ2v) is 5.81. The van der Waals surface area contributed by atoms with Crippen molar-refractivity contribution in [1.82, 2.24) is 24.9 Å². The van der Waals surface area contributed by atoms with Gasteiger partial charge in [-0.1, -0.05) is 18.2 Å². The maximum Gasteiger partial charge on any atom is 0.261 e. The molecule has 0 saturated carbocycles. The van der Waals surface area contributed by atoms with Gasteiger partial charge < -0.3 is 10.1 Å². The maximum atomic E-state index is 12.2. The van der Waals surface area contributed by atoms with E-state index in [1.165, 1.54) is 0 Å². The molecule has 2 heterocycles. The Balaban J connectivity index is 1.56. The standard InChI is InChI=1S/C18H21N5O2/c1-13-11-16(22(3)20-13)12-19-18(24)14(2)25-17-9-10-23(21-17)15-7-5-4-6-8-15/h4-11,14H,12H2,1-3H3,(H,19,24)/t14-/m1/s1. The molecular weight excluding hydrogens is 318 g/mol. The monoisotopic (exact) mass is 339 g/mol. The van der Waals surface area contributed by atoms with Crippen molar-refractivity contribution in [3.05, 3.63) is 60.0 Å². The van der Waals surface area contributed by atoms with E-state index >= 15 is 0 Å². The van der Waals surface area contributed by atoms with E-state index in [1.54, 1.807) is 28.6 Å². The summed E-state index contributed by atoms with van der Waals surface area (Å²) in [5.74, 6) is 0.205.